The average Bonchev–Trinajstić information content (AvgIpc) is 2.69. The summed E-state index contributed by atoms with van der Waals surface area (Å²) in [6, 6.07) is 0. The lowest BCUT2D eigenvalue weighted by Crippen LogP contribution is -2.62. The van der Waals surface area contributed by atoms with Crippen LogP contribution in [0.5, 0.6) is 0 Å². The van der Waals surface area contributed by atoms with Gasteiger partial charge in [0, 0.05) is 47.8 Å². The van der Waals surface area contributed by atoms with Crippen LogP contribution in [0, 0.1) is 0 Å². The molecule has 0 saturated carbocycles. The zero-order valence-electron chi connectivity index (χ0n) is 25.1. The molecule has 0 unspecified atom stereocenters. The Kier molecular flexibility index (Phi) is 11.1. The number of carbonyl (C=O) groups excluding carboxylic acids is 1. The molecule has 7 nitrogen and oxygen atoms in total. The lowest BCUT2D eigenvalue weighted by molar-refractivity contribution is -0.296. The van der Waals surface area contributed by atoms with E-state index in [0.717, 1.165) is 26.1 Å². The summed E-state index contributed by atoms with van der Waals surface area (Å²) in [5, 5.41) is 4.25. The lowest BCUT2D eigenvalue weighted by atomic mass is 9.80. The van der Waals surface area contributed by atoms with E-state index in [1.165, 1.54) is 25.7 Å². The Morgan fingerprint density at radius 2 is 0.917 bits per heavy atom. The van der Waals surface area contributed by atoms with Crippen molar-refractivity contribution in [3.8, 4) is 0 Å². The zero-order valence-corrected chi connectivity index (χ0v) is 25.1. The molecule has 2 rings (SSSR count). The van der Waals surface area contributed by atoms with Crippen LogP contribution in [0.2, 0.25) is 0 Å². The molecule has 36 heavy (non-hydrogen) atoms. The van der Waals surface area contributed by atoms with Gasteiger partial charge in [0.05, 0.1) is 13.2 Å². The topological polar surface area (TPSA) is 60.5 Å². The Morgan fingerprint density at radius 1 is 0.611 bits per heavy atom. The van der Waals surface area contributed by atoms with E-state index in [4.69, 9.17) is 19.1 Å². The number of hydrogen-bond donors (Lipinski definition) is 0. The van der Waals surface area contributed by atoms with Gasteiger partial charge in [-0.05, 0) is 68.2 Å². The van der Waals surface area contributed by atoms with Crippen molar-refractivity contribution in [1.29, 1.82) is 0 Å². The maximum absolute atomic E-state index is 12.9. The van der Waals surface area contributed by atoms with E-state index in [0.29, 0.717) is 25.7 Å². The number of hydroxylamine groups is 4. The van der Waals surface area contributed by atoms with Gasteiger partial charge in [-0.3, -0.25) is 9.68 Å². The van der Waals surface area contributed by atoms with Crippen LogP contribution in [0.25, 0.3) is 0 Å². The maximum atomic E-state index is 12.9. The number of ether oxygens (including phenoxy) is 2. The van der Waals surface area contributed by atoms with Crippen molar-refractivity contribution in [2.24, 2.45) is 0 Å². The van der Waals surface area contributed by atoms with Crippen molar-refractivity contribution in [3.05, 3.63) is 0 Å². The van der Waals surface area contributed by atoms with E-state index in [9.17, 15) is 4.79 Å². The smallest absolute Gasteiger partial charge is 0.431 e. The number of hydrogen-bond acceptors (Lipinski definition) is 7. The highest BCUT2D eigenvalue weighted by molar-refractivity contribution is 5.60. The molecule has 0 aromatic carbocycles. The Bertz CT molecular complexity index is 599. The molecule has 0 amide bonds. The molecule has 2 aliphatic rings. The van der Waals surface area contributed by atoms with Gasteiger partial charge in [0.2, 0.25) is 0 Å². The van der Waals surface area contributed by atoms with Crippen LogP contribution in [0.4, 0.5) is 4.79 Å². The summed E-state index contributed by atoms with van der Waals surface area (Å²) in [5.41, 5.74) is -0.987. The average molecular weight is 513 g/mol. The molecule has 212 valence electrons. The van der Waals surface area contributed by atoms with Crippen LogP contribution < -0.4 is 0 Å². The molecule has 2 fully saturated rings. The summed E-state index contributed by atoms with van der Waals surface area (Å²) in [6.07, 6.45) is 8.66. The SMILES string of the molecule is CCCCCON1C(C)(C)CC(OC(=O)OC2CC(C)(C)N(OCCCCC)C(C)(C)C2)CC1(C)C. The number of nitrogens with zero attached hydrogens (tertiary/aromatic N) is 2. The van der Waals surface area contributed by atoms with E-state index in [1.54, 1.807) is 0 Å². The Morgan fingerprint density at radius 3 is 1.19 bits per heavy atom. The van der Waals surface area contributed by atoms with Gasteiger partial charge >= 0.3 is 6.16 Å². The Labute approximate surface area is 221 Å². The Hall–Kier alpha value is -0.890. The standard InChI is InChI=1S/C29H56N2O5/c1-11-13-15-17-33-30-26(3,4)19-23(20-27(30,5)6)35-25(32)36-24-21-28(7,8)31(29(9,10)22-24)34-18-16-14-12-2/h23-24H,11-22H2,1-10H3. The zero-order chi connectivity index (χ0) is 27.2. The predicted octanol–water partition coefficient (Wildman–Crippen LogP) is 7.43. The fourth-order valence-electron chi connectivity index (χ4n) is 6.52. The number of carbonyl (C=O) groups is 1. The largest absolute Gasteiger partial charge is 0.508 e. The summed E-state index contributed by atoms with van der Waals surface area (Å²) in [4.78, 5) is 25.4. The van der Waals surface area contributed by atoms with E-state index in [1.807, 2.05) is 0 Å². The van der Waals surface area contributed by atoms with E-state index < -0.39 is 6.16 Å². The number of unbranched alkanes of at least 4 members (excludes halogenated alkanes) is 4. The summed E-state index contributed by atoms with van der Waals surface area (Å²) in [5.74, 6) is 0. The van der Waals surface area contributed by atoms with Gasteiger partial charge in [0.15, 0.2) is 0 Å². The van der Waals surface area contributed by atoms with Crippen molar-refractivity contribution in [2.75, 3.05) is 13.2 Å². The highest BCUT2D eigenvalue weighted by Gasteiger charge is 2.50. The molecular weight excluding hydrogens is 456 g/mol. The third kappa shape index (κ3) is 8.57. The van der Waals surface area contributed by atoms with E-state index in [2.05, 4.69) is 79.4 Å². The quantitative estimate of drug-likeness (QED) is 0.199. The third-order valence-corrected chi connectivity index (χ3v) is 7.57. The first-order chi connectivity index (χ1) is 16.6. The predicted molar refractivity (Wildman–Crippen MR) is 145 cm³/mol. The minimum atomic E-state index is -0.558. The van der Waals surface area contributed by atoms with Gasteiger partial charge in [-0.1, -0.05) is 39.5 Å². The highest BCUT2D eigenvalue weighted by Crippen LogP contribution is 2.42. The summed E-state index contributed by atoms with van der Waals surface area (Å²) >= 11 is 0. The molecule has 7 heteroatoms. The first kappa shape index (κ1) is 31.3. The van der Waals surface area contributed by atoms with Crippen LogP contribution in [-0.4, -0.2) is 63.9 Å². The first-order valence-electron chi connectivity index (χ1n) is 14.4. The second-order valence-electron chi connectivity index (χ2n) is 13.5. The van der Waals surface area contributed by atoms with Crippen molar-refractivity contribution in [2.45, 2.75) is 168 Å². The summed E-state index contributed by atoms with van der Waals surface area (Å²) in [7, 11) is 0. The second kappa shape index (κ2) is 12.8. The molecule has 0 bridgehead atoms. The normalized spacial score (nSPS) is 24.5. The lowest BCUT2D eigenvalue weighted by Gasteiger charge is -2.54. The minimum absolute atomic E-state index is 0.207. The molecule has 0 atom stereocenters. The van der Waals surface area contributed by atoms with Crippen LogP contribution >= 0.6 is 0 Å². The Balaban J connectivity index is 1.94. The molecule has 0 aliphatic carbocycles. The van der Waals surface area contributed by atoms with Crippen molar-refractivity contribution in [1.82, 2.24) is 10.1 Å². The summed E-state index contributed by atoms with van der Waals surface area (Å²) < 4.78 is 11.8. The van der Waals surface area contributed by atoms with Crippen molar-refractivity contribution in [3.63, 3.8) is 0 Å². The van der Waals surface area contributed by atoms with Gasteiger partial charge in [-0.2, -0.15) is 10.1 Å². The molecular formula is C29H56N2O5. The minimum Gasteiger partial charge on any atom is -0.431 e. The highest BCUT2D eigenvalue weighted by atomic mass is 16.7. The fourth-order valence-corrected chi connectivity index (χ4v) is 6.52. The summed E-state index contributed by atoms with van der Waals surface area (Å²) in [6.45, 7) is 23.1. The fraction of sp³-hybridized carbons (Fsp3) is 0.966. The third-order valence-electron chi connectivity index (χ3n) is 7.57. The molecule has 0 radical (unpaired) electrons. The van der Waals surface area contributed by atoms with E-state index >= 15 is 0 Å². The van der Waals surface area contributed by atoms with Crippen molar-refractivity contribution >= 4 is 6.16 Å². The van der Waals surface area contributed by atoms with Gasteiger partial charge in [-0.15, -0.1) is 0 Å². The molecule has 2 saturated heterocycles. The van der Waals surface area contributed by atoms with Crippen LogP contribution in [0.1, 0.15) is 133 Å². The molecule has 2 heterocycles. The monoisotopic (exact) mass is 512 g/mol. The van der Waals surface area contributed by atoms with Crippen LogP contribution in [-0.2, 0) is 19.1 Å². The van der Waals surface area contributed by atoms with Gasteiger partial charge in [0.1, 0.15) is 12.2 Å². The number of rotatable bonds is 12. The van der Waals surface area contributed by atoms with Gasteiger partial charge in [0.25, 0.3) is 0 Å². The molecule has 0 N–H and O–H groups in total. The van der Waals surface area contributed by atoms with Gasteiger partial charge < -0.3 is 9.47 Å². The van der Waals surface area contributed by atoms with Gasteiger partial charge in [-0.25, -0.2) is 4.79 Å². The molecule has 0 aromatic rings. The molecule has 0 aromatic heterocycles. The van der Waals surface area contributed by atoms with Crippen LogP contribution in [0.3, 0.4) is 0 Å². The number of piperidine rings is 2. The van der Waals surface area contributed by atoms with Crippen molar-refractivity contribution < 1.29 is 23.9 Å². The molecule has 0 spiro atoms. The second-order valence-corrected chi connectivity index (χ2v) is 13.5. The van der Waals surface area contributed by atoms with Crippen LogP contribution in [0.15, 0.2) is 0 Å². The van der Waals surface area contributed by atoms with E-state index in [-0.39, 0.29) is 34.4 Å². The maximum Gasteiger partial charge on any atom is 0.508 e. The molecule has 2 aliphatic heterocycles. The first-order valence-corrected chi connectivity index (χ1v) is 14.4.